The molecule has 0 aromatic heterocycles. The summed E-state index contributed by atoms with van der Waals surface area (Å²) in [6.45, 7) is -11.2. The molecule has 3 atom stereocenters. The van der Waals surface area contributed by atoms with Crippen LogP contribution in [0.3, 0.4) is 0 Å². The van der Waals surface area contributed by atoms with Gasteiger partial charge in [-0.25, -0.2) is 35.5 Å². The van der Waals surface area contributed by atoms with Crippen LogP contribution in [-0.4, -0.2) is 99.5 Å². The molecule has 44 heavy (non-hydrogen) atoms. The van der Waals surface area contributed by atoms with Crippen molar-refractivity contribution in [2.75, 3.05) is 33.0 Å². The van der Waals surface area contributed by atoms with Crippen molar-refractivity contribution in [1.29, 1.82) is 0 Å². The van der Waals surface area contributed by atoms with Crippen molar-refractivity contribution in [2.24, 2.45) is 0 Å². The van der Waals surface area contributed by atoms with Crippen LogP contribution in [0.25, 0.3) is 0 Å². The molecule has 0 heterocycles. The van der Waals surface area contributed by atoms with Gasteiger partial charge in [0.2, 0.25) is 0 Å². The van der Waals surface area contributed by atoms with E-state index in [1.165, 1.54) is 0 Å². The monoisotopic (exact) mass is 698 g/mol. The third-order valence-corrected chi connectivity index (χ3v) is 5.37. The highest BCUT2D eigenvalue weighted by molar-refractivity contribution is 5.78. The fourth-order valence-electron chi connectivity index (χ4n) is 2.66. The van der Waals surface area contributed by atoms with E-state index in [2.05, 4.69) is 23.7 Å². The minimum absolute atomic E-state index is 0.267. The SMILES string of the molecule is O=C(OCCC(F)(F)COC(F)C(F)(F)OCCC(F)(F)COC1CCC1(F)F)C(F)(OCC(F)(F)C(F)(F)F)C(F)(F)F. The second-order valence-corrected chi connectivity index (χ2v) is 9.07. The van der Waals surface area contributed by atoms with Crippen LogP contribution in [0.2, 0.25) is 0 Å². The molecule has 6 nitrogen and oxygen atoms in total. The van der Waals surface area contributed by atoms with E-state index in [1.807, 2.05) is 0 Å². The quantitative estimate of drug-likeness (QED) is 0.117. The fourth-order valence-corrected chi connectivity index (χ4v) is 2.66. The number of esters is 1. The van der Waals surface area contributed by atoms with Gasteiger partial charge in [0.15, 0.2) is 0 Å². The van der Waals surface area contributed by atoms with Crippen molar-refractivity contribution in [3.05, 3.63) is 0 Å². The summed E-state index contributed by atoms with van der Waals surface area (Å²) in [6.07, 6.45) is -29.1. The first kappa shape index (κ1) is 40.1. The predicted molar refractivity (Wildman–Crippen MR) is 103 cm³/mol. The van der Waals surface area contributed by atoms with Gasteiger partial charge in [-0.2, -0.15) is 48.3 Å². The largest absolute Gasteiger partial charge is 0.461 e. The molecule has 1 aliphatic rings. The summed E-state index contributed by atoms with van der Waals surface area (Å²) >= 11 is 0. The molecule has 1 fully saturated rings. The number of alkyl halides is 18. The molecular formula is C20H20F18O6. The molecule has 0 saturated heterocycles. The highest BCUT2D eigenvalue weighted by Gasteiger charge is 2.68. The van der Waals surface area contributed by atoms with Crippen molar-refractivity contribution >= 4 is 5.97 Å². The number of carbonyl (C=O) groups excluding carboxylic acids is 1. The van der Waals surface area contributed by atoms with Crippen LogP contribution < -0.4 is 0 Å². The van der Waals surface area contributed by atoms with Crippen LogP contribution >= 0.6 is 0 Å². The minimum atomic E-state index is -6.69. The van der Waals surface area contributed by atoms with Gasteiger partial charge in [-0.05, 0) is 6.42 Å². The van der Waals surface area contributed by atoms with E-state index in [1.54, 1.807) is 0 Å². The van der Waals surface area contributed by atoms with E-state index in [-0.39, 0.29) is 6.42 Å². The molecule has 1 aliphatic carbocycles. The molecule has 0 radical (unpaired) electrons. The van der Waals surface area contributed by atoms with Crippen molar-refractivity contribution < 1.29 is 108 Å². The van der Waals surface area contributed by atoms with E-state index in [0.717, 1.165) is 0 Å². The Hall–Kier alpha value is -1.95. The number of halogens is 18. The smallest absolute Gasteiger partial charge is 0.460 e. The molecule has 0 aromatic carbocycles. The Labute approximate surface area is 233 Å². The minimum Gasteiger partial charge on any atom is -0.461 e. The average molecular weight is 698 g/mol. The van der Waals surface area contributed by atoms with Crippen LogP contribution in [0.15, 0.2) is 0 Å². The number of hydrogen-bond acceptors (Lipinski definition) is 6. The van der Waals surface area contributed by atoms with E-state index >= 15 is 0 Å². The van der Waals surface area contributed by atoms with E-state index in [4.69, 9.17) is 0 Å². The Bertz CT molecular complexity index is 939. The summed E-state index contributed by atoms with van der Waals surface area (Å²) in [5.74, 6) is -27.6. The van der Waals surface area contributed by atoms with Crippen molar-refractivity contribution in [3.63, 3.8) is 0 Å². The number of hydrogen-bond donors (Lipinski definition) is 0. The maximum absolute atomic E-state index is 14.0. The zero-order valence-corrected chi connectivity index (χ0v) is 21.3. The lowest BCUT2D eigenvalue weighted by Crippen LogP contribution is -2.54. The summed E-state index contributed by atoms with van der Waals surface area (Å²) in [5, 5.41) is 0. The Kier molecular flexibility index (Phi) is 12.6. The topological polar surface area (TPSA) is 63.2 Å². The molecule has 1 rings (SSSR count). The number of ether oxygens (including phenoxy) is 5. The molecule has 0 bridgehead atoms. The van der Waals surface area contributed by atoms with Gasteiger partial charge in [0.05, 0.1) is 13.2 Å². The Morgan fingerprint density at radius 2 is 1.25 bits per heavy atom. The van der Waals surface area contributed by atoms with Gasteiger partial charge in [-0.1, -0.05) is 0 Å². The second-order valence-electron chi connectivity index (χ2n) is 9.07. The molecule has 0 N–H and O–H groups in total. The Balaban J connectivity index is 2.57. The zero-order chi connectivity index (χ0) is 34.6. The second kappa shape index (κ2) is 13.8. The summed E-state index contributed by atoms with van der Waals surface area (Å²) < 4.78 is 253. The predicted octanol–water partition coefficient (Wildman–Crippen LogP) is 6.76. The average Bonchev–Trinajstić information content (AvgIpc) is 2.83. The molecule has 0 spiro atoms. The fraction of sp³-hybridized carbons (Fsp3) is 0.950. The lowest BCUT2D eigenvalue weighted by Gasteiger charge is -2.36. The van der Waals surface area contributed by atoms with Crippen LogP contribution in [0.5, 0.6) is 0 Å². The van der Waals surface area contributed by atoms with Gasteiger partial charge < -0.3 is 23.7 Å². The summed E-state index contributed by atoms with van der Waals surface area (Å²) in [6, 6.07) is 0. The molecule has 0 amide bonds. The maximum Gasteiger partial charge on any atom is 0.460 e. The Morgan fingerprint density at radius 3 is 1.70 bits per heavy atom. The third kappa shape index (κ3) is 11.1. The van der Waals surface area contributed by atoms with Crippen LogP contribution in [0.1, 0.15) is 25.7 Å². The molecule has 262 valence electrons. The lowest BCUT2D eigenvalue weighted by atomic mass is 9.91. The van der Waals surface area contributed by atoms with Gasteiger partial charge in [0.25, 0.3) is 24.1 Å². The number of carbonyl (C=O) groups is 1. The van der Waals surface area contributed by atoms with Crippen molar-refractivity contribution in [2.45, 2.75) is 86.2 Å². The van der Waals surface area contributed by atoms with E-state index < -0.39 is 119 Å². The Morgan fingerprint density at radius 1 is 0.727 bits per heavy atom. The first-order valence-corrected chi connectivity index (χ1v) is 11.5. The van der Waals surface area contributed by atoms with Crippen LogP contribution in [0.4, 0.5) is 79.0 Å². The molecular weight excluding hydrogens is 678 g/mol. The standard InChI is InChI=1S/C20H20F18O6/c21-11(18(31,32)43-6-4-14(24,25)7-41-10-1-2-15(10,26)27)42-8-13(22,23)3-5-40-12(39)17(30,20(36,37)38)44-9-16(28,29)19(33,34)35/h10-11H,1-9H2. The normalized spacial score (nSPS) is 20.5. The van der Waals surface area contributed by atoms with Crippen molar-refractivity contribution in [3.8, 4) is 0 Å². The van der Waals surface area contributed by atoms with Gasteiger partial charge in [-0.15, -0.1) is 0 Å². The van der Waals surface area contributed by atoms with E-state index in [9.17, 15) is 83.8 Å². The van der Waals surface area contributed by atoms with Gasteiger partial charge in [0, 0.05) is 19.3 Å². The molecule has 1 saturated carbocycles. The first-order chi connectivity index (χ1) is 19.5. The van der Waals surface area contributed by atoms with Gasteiger partial charge in [0.1, 0.15) is 25.9 Å². The molecule has 3 unspecified atom stereocenters. The molecule has 0 aliphatic heterocycles. The highest BCUT2D eigenvalue weighted by atomic mass is 19.4. The first-order valence-electron chi connectivity index (χ1n) is 11.5. The third-order valence-electron chi connectivity index (χ3n) is 5.37. The number of rotatable bonds is 18. The summed E-state index contributed by atoms with van der Waals surface area (Å²) in [7, 11) is 0. The van der Waals surface area contributed by atoms with Crippen LogP contribution in [0, 0.1) is 0 Å². The van der Waals surface area contributed by atoms with E-state index in [0.29, 0.717) is 0 Å². The van der Waals surface area contributed by atoms with Gasteiger partial charge >= 0.3 is 36.2 Å². The highest BCUT2D eigenvalue weighted by Crippen LogP contribution is 2.42. The molecule has 0 aromatic rings. The van der Waals surface area contributed by atoms with Crippen LogP contribution in [-0.2, 0) is 28.5 Å². The summed E-state index contributed by atoms with van der Waals surface area (Å²) in [5.41, 5.74) is 0. The van der Waals surface area contributed by atoms with Gasteiger partial charge in [-0.3, -0.25) is 0 Å². The zero-order valence-electron chi connectivity index (χ0n) is 21.3. The molecule has 24 heteroatoms. The maximum atomic E-state index is 14.0. The van der Waals surface area contributed by atoms with Crippen molar-refractivity contribution in [1.82, 2.24) is 0 Å². The summed E-state index contributed by atoms with van der Waals surface area (Å²) in [4.78, 5) is 11.3. The lowest BCUT2D eigenvalue weighted by molar-refractivity contribution is -0.358.